The van der Waals surface area contributed by atoms with E-state index in [2.05, 4.69) is 55.6 Å². The van der Waals surface area contributed by atoms with Gasteiger partial charge >= 0.3 is 0 Å². The number of aryl methyl sites for hydroxylation is 1. The Morgan fingerprint density at radius 2 is 1.91 bits per heavy atom. The van der Waals surface area contributed by atoms with Gasteiger partial charge in [0.1, 0.15) is 23.1 Å². The normalized spacial score (nSPS) is 14.8. The van der Waals surface area contributed by atoms with Crippen molar-refractivity contribution in [2.24, 2.45) is 0 Å². The molecule has 4 aromatic rings. The lowest BCUT2D eigenvalue weighted by Gasteiger charge is -2.27. The first-order valence-electron chi connectivity index (χ1n) is 11.9. The second kappa shape index (κ2) is 11.0. The van der Waals surface area contributed by atoms with E-state index in [9.17, 15) is 4.55 Å². The lowest BCUT2D eigenvalue weighted by Crippen LogP contribution is -2.40. The molecular weight excluding hydrogens is 460 g/mol. The summed E-state index contributed by atoms with van der Waals surface area (Å²) in [6.45, 7) is 5.50. The van der Waals surface area contributed by atoms with Gasteiger partial charge < -0.3 is 24.9 Å². The van der Waals surface area contributed by atoms with Crippen molar-refractivity contribution in [1.29, 1.82) is 0 Å². The standard InChI is InChI=1S/C26H30N6O2S/c1-19-16-20-17-22(6-7-24(20)28-19)29-25-8-9-27-26(31-25)30-21-4-2-5-23(18-21)34-13-3-10-32-11-14-35(33)15-12-32/h2,4-9,16-18,28H,3,10-15H2,1H3,(H2,27,29,30,31). The molecule has 0 spiro atoms. The number of hydrogen-bond acceptors (Lipinski definition) is 7. The van der Waals surface area contributed by atoms with Crippen molar-refractivity contribution in [3.63, 3.8) is 0 Å². The third kappa shape index (κ3) is 6.45. The molecule has 182 valence electrons. The summed E-state index contributed by atoms with van der Waals surface area (Å²) >= 11 is -0.629. The minimum absolute atomic E-state index is 0.508. The number of hydrogen-bond donors (Lipinski definition) is 3. The molecule has 0 atom stereocenters. The predicted octanol–water partition coefficient (Wildman–Crippen LogP) is 4.59. The first kappa shape index (κ1) is 23.5. The largest absolute Gasteiger partial charge is 0.616 e. The van der Waals surface area contributed by atoms with Crippen molar-refractivity contribution in [1.82, 2.24) is 19.9 Å². The van der Waals surface area contributed by atoms with Crippen LogP contribution in [0.15, 0.2) is 60.8 Å². The van der Waals surface area contributed by atoms with Crippen LogP contribution in [-0.4, -0.2) is 62.2 Å². The highest BCUT2D eigenvalue weighted by atomic mass is 32.2. The van der Waals surface area contributed by atoms with E-state index in [0.29, 0.717) is 18.4 Å². The number of rotatable bonds is 9. The lowest BCUT2D eigenvalue weighted by atomic mass is 10.2. The lowest BCUT2D eigenvalue weighted by molar-refractivity contribution is 0.246. The molecule has 0 radical (unpaired) electrons. The van der Waals surface area contributed by atoms with Gasteiger partial charge in [0.05, 0.1) is 6.61 Å². The van der Waals surface area contributed by atoms with Crippen LogP contribution in [0.5, 0.6) is 5.75 Å². The van der Waals surface area contributed by atoms with Crippen molar-refractivity contribution < 1.29 is 9.29 Å². The Kier molecular flexibility index (Phi) is 7.37. The number of aromatic amines is 1. The summed E-state index contributed by atoms with van der Waals surface area (Å²) in [6.07, 6.45) is 2.67. The molecule has 1 fully saturated rings. The van der Waals surface area contributed by atoms with Gasteiger partial charge in [-0.05, 0) is 55.8 Å². The molecule has 8 nitrogen and oxygen atoms in total. The molecule has 0 unspecified atom stereocenters. The van der Waals surface area contributed by atoms with Gasteiger partial charge in [-0.25, -0.2) is 4.98 Å². The van der Waals surface area contributed by atoms with Crippen molar-refractivity contribution in [2.45, 2.75) is 13.3 Å². The zero-order valence-electron chi connectivity index (χ0n) is 19.8. The van der Waals surface area contributed by atoms with Gasteiger partial charge in [0.25, 0.3) is 0 Å². The van der Waals surface area contributed by atoms with E-state index < -0.39 is 11.2 Å². The van der Waals surface area contributed by atoms with Crippen molar-refractivity contribution in [3.8, 4) is 5.75 Å². The molecule has 1 aliphatic heterocycles. The number of benzene rings is 2. The number of H-pyrrole nitrogens is 1. The van der Waals surface area contributed by atoms with Crippen molar-refractivity contribution in [2.75, 3.05) is 48.4 Å². The zero-order valence-corrected chi connectivity index (χ0v) is 20.6. The van der Waals surface area contributed by atoms with Crippen LogP contribution in [0.4, 0.5) is 23.1 Å². The first-order valence-corrected chi connectivity index (χ1v) is 13.4. The number of anilines is 4. The average molecular weight is 491 g/mol. The summed E-state index contributed by atoms with van der Waals surface area (Å²) in [6, 6.07) is 18.0. The third-order valence-electron chi connectivity index (χ3n) is 5.93. The number of nitrogens with zero attached hydrogens (tertiary/aromatic N) is 3. The Bertz CT molecular complexity index is 1270. The molecule has 35 heavy (non-hydrogen) atoms. The van der Waals surface area contributed by atoms with E-state index in [1.807, 2.05) is 36.4 Å². The van der Waals surface area contributed by atoms with Crippen LogP contribution in [-0.2, 0) is 11.2 Å². The maximum Gasteiger partial charge on any atom is 0.229 e. The van der Waals surface area contributed by atoms with E-state index >= 15 is 0 Å². The first-order chi connectivity index (χ1) is 17.1. The maximum atomic E-state index is 11.5. The summed E-state index contributed by atoms with van der Waals surface area (Å²) in [7, 11) is 0. The summed E-state index contributed by atoms with van der Waals surface area (Å²) in [5.41, 5.74) is 4.08. The van der Waals surface area contributed by atoms with Crippen LogP contribution >= 0.6 is 0 Å². The van der Waals surface area contributed by atoms with Gasteiger partial charge in [0, 0.05) is 59.9 Å². The van der Waals surface area contributed by atoms with Crippen LogP contribution in [0.25, 0.3) is 10.9 Å². The molecule has 1 saturated heterocycles. The molecule has 9 heteroatoms. The highest BCUT2D eigenvalue weighted by Gasteiger charge is 2.18. The molecule has 5 rings (SSSR count). The minimum Gasteiger partial charge on any atom is -0.616 e. The number of nitrogens with one attached hydrogen (secondary N) is 3. The quantitative estimate of drug-likeness (QED) is 0.233. The Balaban J connectivity index is 1.15. The third-order valence-corrected chi connectivity index (χ3v) is 7.21. The van der Waals surface area contributed by atoms with Gasteiger partial charge in [0.15, 0.2) is 0 Å². The summed E-state index contributed by atoms with van der Waals surface area (Å²) in [4.78, 5) is 14.7. The highest BCUT2D eigenvalue weighted by Crippen LogP contribution is 2.24. The van der Waals surface area contributed by atoms with Crippen LogP contribution in [0, 0.1) is 6.92 Å². The fourth-order valence-corrected chi connectivity index (χ4v) is 5.29. The second-order valence-corrected chi connectivity index (χ2v) is 10.4. The van der Waals surface area contributed by atoms with Crippen LogP contribution in [0.1, 0.15) is 12.1 Å². The van der Waals surface area contributed by atoms with Crippen molar-refractivity contribution in [3.05, 3.63) is 66.5 Å². The van der Waals surface area contributed by atoms with Gasteiger partial charge in [-0.3, -0.25) is 4.90 Å². The smallest absolute Gasteiger partial charge is 0.229 e. The van der Waals surface area contributed by atoms with Gasteiger partial charge in [0.2, 0.25) is 5.95 Å². The zero-order chi connectivity index (χ0) is 24.0. The van der Waals surface area contributed by atoms with Crippen LogP contribution in [0.2, 0.25) is 0 Å². The number of ether oxygens (including phenoxy) is 1. The summed E-state index contributed by atoms with van der Waals surface area (Å²) < 4.78 is 17.4. The summed E-state index contributed by atoms with van der Waals surface area (Å²) in [5, 5.41) is 7.78. The molecule has 0 saturated carbocycles. The van der Waals surface area contributed by atoms with Crippen molar-refractivity contribution >= 4 is 45.2 Å². The van der Waals surface area contributed by atoms with Gasteiger partial charge in [-0.2, -0.15) is 4.98 Å². The molecule has 2 aromatic carbocycles. The minimum atomic E-state index is -0.629. The Hall–Kier alpha value is -3.27. The van der Waals surface area contributed by atoms with E-state index in [0.717, 1.165) is 71.3 Å². The monoisotopic (exact) mass is 490 g/mol. The highest BCUT2D eigenvalue weighted by molar-refractivity contribution is 7.91. The van der Waals surface area contributed by atoms with Gasteiger partial charge in [-0.1, -0.05) is 17.2 Å². The molecule has 1 aliphatic rings. The Morgan fingerprint density at radius 1 is 1.06 bits per heavy atom. The molecular formula is C26H30N6O2S. The summed E-state index contributed by atoms with van der Waals surface area (Å²) in [5.74, 6) is 3.60. The van der Waals surface area contributed by atoms with Crippen LogP contribution in [0.3, 0.4) is 0 Å². The van der Waals surface area contributed by atoms with Gasteiger partial charge in [-0.15, -0.1) is 0 Å². The Labute approximate surface area is 208 Å². The molecule has 0 amide bonds. The SMILES string of the molecule is Cc1cc2cc(Nc3ccnc(Nc4cccc(OCCCN5CC[S+]([O-])CC5)c4)n3)ccc2[nH]1. The average Bonchev–Trinajstić information content (AvgIpc) is 3.23. The second-order valence-electron chi connectivity index (χ2n) is 8.69. The molecule has 2 aromatic heterocycles. The maximum absolute atomic E-state index is 11.5. The Morgan fingerprint density at radius 3 is 2.80 bits per heavy atom. The molecule has 0 aliphatic carbocycles. The number of aromatic nitrogens is 3. The van der Waals surface area contributed by atoms with E-state index in [1.54, 1.807) is 6.20 Å². The fraction of sp³-hybridized carbons (Fsp3) is 0.308. The number of fused-ring (bicyclic) bond motifs is 1. The molecule has 3 heterocycles. The van der Waals surface area contributed by atoms with Crippen LogP contribution < -0.4 is 15.4 Å². The van der Waals surface area contributed by atoms with E-state index in [1.165, 1.54) is 0 Å². The predicted molar refractivity (Wildman–Crippen MR) is 143 cm³/mol. The van der Waals surface area contributed by atoms with E-state index in [4.69, 9.17) is 4.74 Å². The topological polar surface area (TPSA) is 101 Å². The molecule has 0 bridgehead atoms. The fourth-order valence-electron chi connectivity index (χ4n) is 4.16. The molecule has 3 N–H and O–H groups in total. The van der Waals surface area contributed by atoms with E-state index in [-0.39, 0.29) is 0 Å².